The summed E-state index contributed by atoms with van der Waals surface area (Å²) < 4.78 is 5.19. The summed E-state index contributed by atoms with van der Waals surface area (Å²) in [4.78, 5) is 25.0. The first-order valence-corrected chi connectivity index (χ1v) is 6.20. The normalized spacial score (nSPS) is 33.7. The molecular weight excluding hydrogens is 222 g/mol. The van der Waals surface area contributed by atoms with E-state index in [2.05, 4.69) is 0 Å². The molecule has 0 aromatic heterocycles. The van der Waals surface area contributed by atoms with Crippen LogP contribution in [0.3, 0.4) is 0 Å². The predicted octanol–water partition coefficient (Wildman–Crippen LogP) is 0.735. The number of rotatable bonds is 2. The molecule has 5 heteroatoms. The minimum atomic E-state index is -0.885. The molecule has 3 atom stereocenters. The van der Waals surface area contributed by atoms with Crippen molar-refractivity contribution in [1.82, 2.24) is 4.90 Å². The molecular formula is C12H19NO4. The van der Waals surface area contributed by atoms with Crippen LogP contribution in [0, 0.1) is 11.8 Å². The first-order chi connectivity index (χ1) is 8.09. The van der Waals surface area contributed by atoms with Crippen molar-refractivity contribution in [1.29, 1.82) is 0 Å². The van der Waals surface area contributed by atoms with Gasteiger partial charge in [0.1, 0.15) is 6.04 Å². The Balaban J connectivity index is 2.06. The highest BCUT2D eigenvalue weighted by Crippen LogP contribution is 2.26. The molecule has 2 rings (SSSR count). The number of carbonyl (C=O) groups excluding carboxylic acids is 1. The zero-order chi connectivity index (χ0) is 12.4. The first-order valence-electron chi connectivity index (χ1n) is 6.20. The van der Waals surface area contributed by atoms with E-state index in [-0.39, 0.29) is 11.8 Å². The Morgan fingerprint density at radius 1 is 1.35 bits per heavy atom. The number of ether oxygens (including phenoxy) is 1. The summed E-state index contributed by atoms with van der Waals surface area (Å²) in [6, 6.07) is -0.646. The van der Waals surface area contributed by atoms with Crippen LogP contribution in [0.25, 0.3) is 0 Å². The molecule has 3 unspecified atom stereocenters. The Labute approximate surface area is 101 Å². The second-order valence-electron chi connectivity index (χ2n) is 5.08. The molecule has 0 radical (unpaired) electrons. The fourth-order valence-corrected chi connectivity index (χ4v) is 2.60. The smallest absolute Gasteiger partial charge is 0.326 e. The van der Waals surface area contributed by atoms with Crippen molar-refractivity contribution in [2.45, 2.75) is 32.2 Å². The molecule has 0 saturated carbocycles. The molecule has 1 N–H and O–H groups in total. The van der Waals surface area contributed by atoms with E-state index in [9.17, 15) is 14.7 Å². The minimum Gasteiger partial charge on any atom is -0.480 e. The van der Waals surface area contributed by atoms with Crippen molar-refractivity contribution in [3.63, 3.8) is 0 Å². The van der Waals surface area contributed by atoms with Gasteiger partial charge < -0.3 is 14.7 Å². The Hall–Kier alpha value is -1.10. The van der Waals surface area contributed by atoms with Gasteiger partial charge in [0, 0.05) is 13.2 Å². The molecule has 1 amide bonds. The Morgan fingerprint density at radius 3 is 2.71 bits per heavy atom. The van der Waals surface area contributed by atoms with Crippen molar-refractivity contribution in [3.8, 4) is 0 Å². The minimum absolute atomic E-state index is 0.0400. The Bertz CT molecular complexity index is 312. The molecule has 96 valence electrons. The monoisotopic (exact) mass is 241 g/mol. The van der Waals surface area contributed by atoms with E-state index in [4.69, 9.17) is 4.74 Å². The summed E-state index contributed by atoms with van der Waals surface area (Å²) in [6.07, 6.45) is 2.18. The summed E-state index contributed by atoms with van der Waals surface area (Å²) in [5.41, 5.74) is 0. The van der Waals surface area contributed by atoms with E-state index in [0.717, 1.165) is 12.8 Å². The van der Waals surface area contributed by atoms with Gasteiger partial charge >= 0.3 is 5.97 Å². The fraction of sp³-hybridized carbons (Fsp3) is 0.833. The maximum absolute atomic E-state index is 12.2. The summed E-state index contributed by atoms with van der Waals surface area (Å²) >= 11 is 0. The van der Waals surface area contributed by atoms with Crippen molar-refractivity contribution < 1.29 is 19.4 Å². The van der Waals surface area contributed by atoms with Gasteiger partial charge in [-0.25, -0.2) is 4.79 Å². The lowest BCUT2D eigenvalue weighted by atomic mass is 9.91. The van der Waals surface area contributed by atoms with Crippen molar-refractivity contribution in [3.05, 3.63) is 0 Å². The second kappa shape index (κ2) is 5.04. The van der Waals surface area contributed by atoms with E-state index in [0.29, 0.717) is 32.1 Å². The van der Waals surface area contributed by atoms with E-state index in [1.165, 1.54) is 0 Å². The lowest BCUT2D eigenvalue weighted by Crippen LogP contribution is -2.51. The van der Waals surface area contributed by atoms with E-state index in [1.807, 2.05) is 6.92 Å². The van der Waals surface area contributed by atoms with Gasteiger partial charge in [-0.2, -0.15) is 0 Å². The summed E-state index contributed by atoms with van der Waals surface area (Å²) in [5.74, 6) is -0.684. The number of aliphatic carboxylic acids is 1. The lowest BCUT2D eigenvalue weighted by molar-refractivity contribution is -0.155. The molecule has 0 aromatic rings. The van der Waals surface area contributed by atoms with Crippen molar-refractivity contribution in [2.24, 2.45) is 11.8 Å². The first kappa shape index (κ1) is 12.4. The Morgan fingerprint density at radius 2 is 2.12 bits per heavy atom. The number of carbonyl (C=O) groups is 2. The molecule has 2 fully saturated rings. The topological polar surface area (TPSA) is 66.8 Å². The standard InChI is InChI=1S/C12H19NO4/c1-8-2-4-13(10(6-8)12(15)16)11(14)9-3-5-17-7-9/h8-10H,2-7H2,1H3,(H,15,16). The highest BCUT2D eigenvalue weighted by molar-refractivity contribution is 5.85. The molecule has 5 nitrogen and oxygen atoms in total. The van der Waals surface area contributed by atoms with Crippen molar-refractivity contribution in [2.75, 3.05) is 19.8 Å². The van der Waals surface area contributed by atoms with Gasteiger partial charge in [-0.1, -0.05) is 6.92 Å². The number of likely N-dealkylation sites (tertiary alicyclic amines) is 1. The average Bonchev–Trinajstić information content (AvgIpc) is 2.81. The van der Waals surface area contributed by atoms with Gasteiger partial charge in [0.15, 0.2) is 0 Å². The van der Waals surface area contributed by atoms with Crippen LogP contribution in [0.2, 0.25) is 0 Å². The van der Waals surface area contributed by atoms with Crippen LogP contribution in [-0.4, -0.2) is 47.7 Å². The number of carboxylic acids is 1. The highest BCUT2D eigenvalue weighted by Gasteiger charge is 2.38. The fourth-order valence-electron chi connectivity index (χ4n) is 2.60. The molecule has 2 aliphatic rings. The third kappa shape index (κ3) is 2.60. The largest absolute Gasteiger partial charge is 0.480 e. The van der Waals surface area contributed by atoms with Crippen LogP contribution in [0.4, 0.5) is 0 Å². The quantitative estimate of drug-likeness (QED) is 0.774. The lowest BCUT2D eigenvalue weighted by Gasteiger charge is -2.37. The highest BCUT2D eigenvalue weighted by atomic mass is 16.5. The molecule has 17 heavy (non-hydrogen) atoms. The van der Waals surface area contributed by atoms with Gasteiger partial charge in [0.25, 0.3) is 0 Å². The van der Waals surface area contributed by atoms with Gasteiger partial charge in [-0.05, 0) is 25.2 Å². The van der Waals surface area contributed by atoms with Crippen LogP contribution in [0.1, 0.15) is 26.2 Å². The predicted molar refractivity (Wildman–Crippen MR) is 60.5 cm³/mol. The zero-order valence-electron chi connectivity index (χ0n) is 10.1. The summed E-state index contributed by atoms with van der Waals surface area (Å²) in [7, 11) is 0. The van der Waals surface area contributed by atoms with E-state index >= 15 is 0 Å². The van der Waals surface area contributed by atoms with Crippen LogP contribution in [0.15, 0.2) is 0 Å². The summed E-state index contributed by atoms with van der Waals surface area (Å²) in [6.45, 7) is 3.65. The molecule has 0 aromatic carbocycles. The SMILES string of the molecule is CC1CCN(C(=O)C2CCOC2)C(C(=O)O)C1. The molecule has 2 aliphatic heterocycles. The molecule has 0 spiro atoms. The molecule has 2 saturated heterocycles. The third-order valence-electron chi connectivity index (χ3n) is 3.71. The Kier molecular flexibility index (Phi) is 3.66. The number of hydrogen-bond acceptors (Lipinski definition) is 3. The van der Waals surface area contributed by atoms with Crippen LogP contribution < -0.4 is 0 Å². The van der Waals surface area contributed by atoms with Crippen LogP contribution in [0.5, 0.6) is 0 Å². The van der Waals surface area contributed by atoms with E-state index in [1.54, 1.807) is 4.90 Å². The number of carboxylic acid groups (broad SMARTS) is 1. The molecule has 0 bridgehead atoms. The van der Waals surface area contributed by atoms with E-state index < -0.39 is 12.0 Å². The third-order valence-corrected chi connectivity index (χ3v) is 3.71. The number of piperidine rings is 1. The van der Waals surface area contributed by atoms with Crippen LogP contribution in [-0.2, 0) is 14.3 Å². The van der Waals surface area contributed by atoms with Gasteiger partial charge in [-0.3, -0.25) is 4.79 Å². The molecule has 0 aliphatic carbocycles. The number of amides is 1. The van der Waals surface area contributed by atoms with Gasteiger partial charge in [0.2, 0.25) is 5.91 Å². The maximum Gasteiger partial charge on any atom is 0.326 e. The second-order valence-corrected chi connectivity index (χ2v) is 5.08. The average molecular weight is 241 g/mol. The maximum atomic E-state index is 12.2. The number of hydrogen-bond donors (Lipinski definition) is 1. The van der Waals surface area contributed by atoms with Crippen molar-refractivity contribution >= 4 is 11.9 Å². The van der Waals surface area contributed by atoms with Crippen LogP contribution >= 0.6 is 0 Å². The zero-order valence-corrected chi connectivity index (χ0v) is 10.1. The number of nitrogens with zero attached hydrogens (tertiary/aromatic N) is 1. The van der Waals surface area contributed by atoms with Gasteiger partial charge in [-0.15, -0.1) is 0 Å². The summed E-state index contributed by atoms with van der Waals surface area (Å²) in [5, 5.41) is 9.19. The van der Waals surface area contributed by atoms with Gasteiger partial charge in [0.05, 0.1) is 12.5 Å². The molecule has 2 heterocycles.